The molecule has 1 unspecified atom stereocenters. The lowest BCUT2D eigenvalue weighted by atomic mass is 10.1. The van der Waals surface area contributed by atoms with Crippen LogP contribution in [0.15, 0.2) is 48.5 Å². The summed E-state index contributed by atoms with van der Waals surface area (Å²) in [7, 11) is 1.58. The van der Waals surface area contributed by atoms with Gasteiger partial charge in [0, 0.05) is 6.07 Å². The second kappa shape index (κ2) is 6.11. The van der Waals surface area contributed by atoms with Crippen molar-refractivity contribution in [3.8, 4) is 17.2 Å². The Balaban J connectivity index is 1.99. The molecule has 2 aromatic carbocycles. The van der Waals surface area contributed by atoms with Crippen molar-refractivity contribution in [2.24, 2.45) is 0 Å². The fraction of sp³-hybridized carbons (Fsp3) is 0.200. The van der Waals surface area contributed by atoms with Gasteiger partial charge in [-0.25, -0.2) is 0 Å². The molecule has 0 fully saturated rings. The highest BCUT2D eigenvalue weighted by atomic mass is 16.5. The molecule has 0 radical (unpaired) electrons. The van der Waals surface area contributed by atoms with Crippen molar-refractivity contribution in [1.29, 1.82) is 0 Å². The van der Waals surface area contributed by atoms with Gasteiger partial charge in [0.15, 0.2) is 0 Å². The van der Waals surface area contributed by atoms with E-state index in [0.29, 0.717) is 11.5 Å². The molecule has 0 aliphatic carbocycles. The number of hydrogen-bond acceptors (Lipinski definition) is 4. The molecule has 2 aromatic rings. The number of aromatic hydroxyl groups is 1. The summed E-state index contributed by atoms with van der Waals surface area (Å²) in [4.78, 5) is 0. The SMILES string of the molecule is COc1cccc(C(O)COc2cccc(O)c2)c1. The largest absolute Gasteiger partial charge is 0.508 e. The van der Waals surface area contributed by atoms with Gasteiger partial charge < -0.3 is 19.7 Å². The van der Waals surface area contributed by atoms with Crippen LogP contribution >= 0.6 is 0 Å². The van der Waals surface area contributed by atoms with E-state index in [0.717, 1.165) is 5.56 Å². The third kappa shape index (κ3) is 3.63. The zero-order valence-corrected chi connectivity index (χ0v) is 10.6. The Morgan fingerprint density at radius 2 is 1.79 bits per heavy atom. The molecule has 0 aliphatic rings. The number of ether oxygens (including phenoxy) is 2. The molecule has 0 saturated heterocycles. The van der Waals surface area contributed by atoms with E-state index in [1.807, 2.05) is 12.1 Å². The molecule has 2 N–H and O–H groups in total. The van der Waals surface area contributed by atoms with E-state index >= 15 is 0 Å². The number of rotatable bonds is 5. The molecule has 100 valence electrons. The average Bonchev–Trinajstić information content (AvgIpc) is 2.45. The smallest absolute Gasteiger partial charge is 0.123 e. The number of phenolic OH excluding ortho intramolecular Hbond substituents is 1. The molecule has 0 bridgehead atoms. The molecule has 4 nitrogen and oxygen atoms in total. The molecule has 0 aromatic heterocycles. The Kier molecular flexibility index (Phi) is 4.26. The van der Waals surface area contributed by atoms with Crippen molar-refractivity contribution in [2.45, 2.75) is 6.10 Å². The fourth-order valence-electron chi connectivity index (χ4n) is 1.69. The lowest BCUT2D eigenvalue weighted by Gasteiger charge is -2.13. The number of aliphatic hydroxyl groups excluding tert-OH is 1. The fourth-order valence-corrected chi connectivity index (χ4v) is 1.69. The van der Waals surface area contributed by atoms with Gasteiger partial charge in [0.1, 0.15) is 30.0 Å². The maximum absolute atomic E-state index is 10.0. The van der Waals surface area contributed by atoms with Gasteiger partial charge in [-0.2, -0.15) is 0 Å². The van der Waals surface area contributed by atoms with Crippen LogP contribution in [-0.4, -0.2) is 23.9 Å². The number of aliphatic hydroxyl groups is 1. The van der Waals surface area contributed by atoms with Gasteiger partial charge in [-0.1, -0.05) is 18.2 Å². The first-order valence-electron chi connectivity index (χ1n) is 5.93. The average molecular weight is 260 g/mol. The van der Waals surface area contributed by atoms with Gasteiger partial charge in [-0.15, -0.1) is 0 Å². The highest BCUT2D eigenvalue weighted by molar-refractivity contribution is 5.32. The van der Waals surface area contributed by atoms with Gasteiger partial charge in [-0.05, 0) is 29.8 Å². The number of methoxy groups -OCH3 is 1. The van der Waals surface area contributed by atoms with Crippen LogP contribution in [0.3, 0.4) is 0 Å². The summed E-state index contributed by atoms with van der Waals surface area (Å²) in [6.07, 6.45) is -0.752. The highest BCUT2D eigenvalue weighted by Gasteiger charge is 2.09. The van der Waals surface area contributed by atoms with Crippen LogP contribution in [0.5, 0.6) is 17.2 Å². The minimum Gasteiger partial charge on any atom is -0.508 e. The Morgan fingerprint density at radius 3 is 2.53 bits per heavy atom. The highest BCUT2D eigenvalue weighted by Crippen LogP contribution is 2.22. The molecular formula is C15H16O4. The van der Waals surface area contributed by atoms with Gasteiger partial charge in [-0.3, -0.25) is 0 Å². The summed E-state index contributed by atoms with van der Waals surface area (Å²) < 4.78 is 10.5. The predicted octanol–water partition coefficient (Wildman–Crippen LogP) is 2.51. The third-order valence-corrected chi connectivity index (χ3v) is 2.70. The van der Waals surface area contributed by atoms with Crippen molar-refractivity contribution in [3.05, 3.63) is 54.1 Å². The quantitative estimate of drug-likeness (QED) is 0.867. The van der Waals surface area contributed by atoms with E-state index in [1.165, 1.54) is 6.07 Å². The summed E-state index contributed by atoms with van der Waals surface area (Å²) in [5, 5.41) is 19.3. The summed E-state index contributed by atoms with van der Waals surface area (Å²) in [5.41, 5.74) is 0.722. The molecule has 19 heavy (non-hydrogen) atoms. The van der Waals surface area contributed by atoms with Crippen molar-refractivity contribution >= 4 is 0 Å². The Hall–Kier alpha value is -2.20. The summed E-state index contributed by atoms with van der Waals surface area (Å²) in [6, 6.07) is 13.7. The predicted molar refractivity (Wildman–Crippen MR) is 71.6 cm³/mol. The molecule has 0 saturated carbocycles. The Labute approximate surface area is 111 Å². The molecule has 0 spiro atoms. The van der Waals surface area contributed by atoms with E-state index in [9.17, 15) is 10.2 Å². The van der Waals surface area contributed by atoms with E-state index in [1.54, 1.807) is 37.4 Å². The Morgan fingerprint density at radius 1 is 1.05 bits per heavy atom. The number of phenols is 1. The van der Waals surface area contributed by atoms with Gasteiger partial charge in [0.25, 0.3) is 0 Å². The monoisotopic (exact) mass is 260 g/mol. The second-order valence-corrected chi connectivity index (χ2v) is 4.10. The number of benzene rings is 2. The standard InChI is InChI=1S/C15H16O4/c1-18-13-6-2-4-11(8-13)15(17)10-19-14-7-3-5-12(16)9-14/h2-9,15-17H,10H2,1H3. The van der Waals surface area contributed by atoms with Crippen LogP contribution in [-0.2, 0) is 0 Å². The van der Waals surface area contributed by atoms with Crippen LogP contribution in [0.1, 0.15) is 11.7 Å². The molecule has 0 amide bonds. The summed E-state index contributed by atoms with van der Waals surface area (Å²) >= 11 is 0. The lowest BCUT2D eigenvalue weighted by molar-refractivity contribution is 0.108. The van der Waals surface area contributed by atoms with Crippen LogP contribution in [0.25, 0.3) is 0 Å². The van der Waals surface area contributed by atoms with E-state index < -0.39 is 6.10 Å². The van der Waals surface area contributed by atoms with Gasteiger partial charge >= 0.3 is 0 Å². The van der Waals surface area contributed by atoms with Crippen LogP contribution in [0.2, 0.25) is 0 Å². The van der Waals surface area contributed by atoms with Crippen molar-refractivity contribution in [3.63, 3.8) is 0 Å². The topological polar surface area (TPSA) is 58.9 Å². The normalized spacial score (nSPS) is 11.9. The second-order valence-electron chi connectivity index (χ2n) is 4.10. The van der Waals surface area contributed by atoms with Crippen molar-refractivity contribution in [2.75, 3.05) is 13.7 Å². The van der Waals surface area contributed by atoms with Crippen molar-refractivity contribution in [1.82, 2.24) is 0 Å². The first-order chi connectivity index (χ1) is 9.19. The maximum Gasteiger partial charge on any atom is 0.123 e. The number of hydrogen-bond donors (Lipinski definition) is 2. The zero-order chi connectivity index (χ0) is 13.7. The summed E-state index contributed by atoms with van der Waals surface area (Å²) in [5.74, 6) is 1.34. The first kappa shape index (κ1) is 13.2. The van der Waals surface area contributed by atoms with Crippen LogP contribution in [0.4, 0.5) is 0 Å². The molecule has 4 heteroatoms. The minimum absolute atomic E-state index is 0.108. The molecule has 1 atom stereocenters. The van der Waals surface area contributed by atoms with Gasteiger partial charge in [0.05, 0.1) is 7.11 Å². The van der Waals surface area contributed by atoms with Gasteiger partial charge in [0.2, 0.25) is 0 Å². The molecular weight excluding hydrogens is 244 g/mol. The Bertz CT molecular complexity index is 539. The van der Waals surface area contributed by atoms with Crippen LogP contribution < -0.4 is 9.47 Å². The minimum atomic E-state index is -0.752. The molecule has 0 heterocycles. The van der Waals surface area contributed by atoms with E-state index in [4.69, 9.17) is 9.47 Å². The van der Waals surface area contributed by atoms with E-state index in [-0.39, 0.29) is 12.4 Å². The van der Waals surface area contributed by atoms with Crippen molar-refractivity contribution < 1.29 is 19.7 Å². The third-order valence-electron chi connectivity index (χ3n) is 2.70. The molecule has 0 aliphatic heterocycles. The molecule has 2 rings (SSSR count). The first-order valence-corrected chi connectivity index (χ1v) is 5.93. The van der Waals surface area contributed by atoms with Crippen LogP contribution in [0, 0.1) is 0 Å². The zero-order valence-electron chi connectivity index (χ0n) is 10.6. The lowest BCUT2D eigenvalue weighted by Crippen LogP contribution is -2.09. The summed E-state index contributed by atoms with van der Waals surface area (Å²) in [6.45, 7) is 0.108. The maximum atomic E-state index is 10.0. The van der Waals surface area contributed by atoms with E-state index in [2.05, 4.69) is 0 Å².